The lowest BCUT2D eigenvalue weighted by molar-refractivity contribution is 0.0860. The van der Waals surface area contributed by atoms with Gasteiger partial charge >= 0.3 is 0 Å². The Hall–Kier alpha value is -1.27. The van der Waals surface area contributed by atoms with Gasteiger partial charge in [0.15, 0.2) is 0 Å². The number of hydrogen-bond donors (Lipinski definition) is 3. The average Bonchev–Trinajstić information content (AvgIpc) is 3.38. The van der Waals surface area contributed by atoms with Crippen LogP contribution in [0.25, 0.3) is 0 Å². The van der Waals surface area contributed by atoms with Gasteiger partial charge in [-0.05, 0) is 86.2 Å². The van der Waals surface area contributed by atoms with E-state index in [4.69, 9.17) is 0 Å². The molecule has 3 fully saturated rings. The molecule has 0 unspecified atom stereocenters. The molecular weight excluding hydrogens is 442 g/mol. The predicted octanol–water partition coefficient (Wildman–Crippen LogP) is 6.43. The summed E-state index contributed by atoms with van der Waals surface area (Å²) < 4.78 is 0. The second-order valence-electron chi connectivity index (χ2n) is 11.4. The average molecular weight is 486 g/mol. The summed E-state index contributed by atoms with van der Waals surface area (Å²) in [6, 6.07) is 0. The highest BCUT2D eigenvalue weighted by molar-refractivity contribution is 7.09. The zero-order valence-electron chi connectivity index (χ0n) is 21.2. The Morgan fingerprint density at radius 1 is 1.26 bits per heavy atom. The van der Waals surface area contributed by atoms with E-state index in [1.807, 2.05) is 12.3 Å². The van der Waals surface area contributed by atoms with Gasteiger partial charge in [0, 0.05) is 17.5 Å². The maximum absolute atomic E-state index is 10.5. The van der Waals surface area contributed by atoms with E-state index in [-0.39, 0.29) is 0 Å². The van der Waals surface area contributed by atoms with Gasteiger partial charge in [0.25, 0.3) is 0 Å². The number of rotatable bonds is 7. The van der Waals surface area contributed by atoms with Crippen molar-refractivity contribution in [2.45, 2.75) is 103 Å². The van der Waals surface area contributed by atoms with E-state index in [9.17, 15) is 15.3 Å². The van der Waals surface area contributed by atoms with Crippen LogP contribution in [-0.4, -0.2) is 32.5 Å². The molecule has 0 aliphatic heterocycles. The quantitative estimate of drug-likeness (QED) is 0.416. The number of aliphatic hydroxyl groups is 3. The Morgan fingerprint density at radius 3 is 2.79 bits per heavy atom. The second-order valence-corrected chi connectivity index (χ2v) is 12.3. The van der Waals surface area contributed by atoms with E-state index in [0.29, 0.717) is 30.1 Å². The van der Waals surface area contributed by atoms with Crippen LogP contribution < -0.4 is 0 Å². The fraction of sp³-hybridized carbons (Fsp3) is 0.690. The first-order valence-electron chi connectivity index (χ1n) is 13.2. The summed E-state index contributed by atoms with van der Waals surface area (Å²) in [6.45, 7) is 11.0. The minimum Gasteiger partial charge on any atom is -0.393 e. The molecule has 0 radical (unpaired) electrons. The maximum Gasteiger partial charge on any atom is 0.121 e. The minimum absolute atomic E-state index is 0.343. The summed E-state index contributed by atoms with van der Waals surface area (Å²) in [5.74, 6) is 2.00. The van der Waals surface area contributed by atoms with Crippen LogP contribution in [0.2, 0.25) is 0 Å². The molecule has 188 valence electrons. The van der Waals surface area contributed by atoms with Crippen LogP contribution in [0.1, 0.15) is 94.9 Å². The number of nitrogens with zero attached hydrogens (tertiary/aromatic N) is 1. The van der Waals surface area contributed by atoms with E-state index in [1.54, 1.807) is 16.9 Å². The van der Waals surface area contributed by atoms with Crippen molar-refractivity contribution in [1.29, 1.82) is 0 Å². The molecule has 0 amide bonds. The standard InChI is InChI=1S/C29H43NO3S/c1-18(7-5-9-26(32)28-30-19(2)17-34-28)24-12-13-25-21(8-6-14-29(24,25)4)10-11-22-15-23(31)16-27(33)20(22)3/h10-11,17-18,23-27,31-33H,3,5-9,12-16H2,1-2,4H3/b21-10+,22-11-/t18-,23+,24+,25-,26+,27-,29+/m0/s1. The molecule has 4 nitrogen and oxygen atoms in total. The van der Waals surface area contributed by atoms with E-state index < -0.39 is 18.3 Å². The first kappa shape index (κ1) is 25.8. The molecule has 34 heavy (non-hydrogen) atoms. The van der Waals surface area contributed by atoms with Gasteiger partial charge < -0.3 is 15.3 Å². The van der Waals surface area contributed by atoms with Crippen molar-refractivity contribution < 1.29 is 15.3 Å². The number of allylic oxidation sites excluding steroid dienone is 3. The van der Waals surface area contributed by atoms with Crippen molar-refractivity contribution in [3.05, 3.63) is 51.5 Å². The molecule has 4 rings (SSSR count). The van der Waals surface area contributed by atoms with Crippen molar-refractivity contribution in [2.75, 3.05) is 0 Å². The molecule has 3 N–H and O–H groups in total. The van der Waals surface area contributed by atoms with Crippen molar-refractivity contribution >= 4 is 11.3 Å². The lowest BCUT2D eigenvalue weighted by Crippen LogP contribution is -2.36. The molecule has 3 saturated carbocycles. The van der Waals surface area contributed by atoms with E-state index >= 15 is 0 Å². The van der Waals surface area contributed by atoms with Crippen molar-refractivity contribution in [3.8, 4) is 0 Å². The number of aromatic nitrogens is 1. The molecule has 7 atom stereocenters. The molecule has 1 aromatic rings. The van der Waals surface area contributed by atoms with Crippen LogP contribution in [0.3, 0.4) is 0 Å². The summed E-state index contributed by atoms with van der Waals surface area (Å²) in [4.78, 5) is 4.45. The number of aryl methyl sites for hydroxylation is 1. The number of hydrogen-bond acceptors (Lipinski definition) is 5. The number of thiazole rings is 1. The summed E-state index contributed by atoms with van der Waals surface area (Å²) in [5, 5.41) is 33.6. The third-order valence-corrected chi connectivity index (χ3v) is 10.1. The van der Waals surface area contributed by atoms with Gasteiger partial charge in [-0.1, -0.05) is 51.0 Å². The molecule has 3 aliphatic carbocycles. The van der Waals surface area contributed by atoms with Crippen molar-refractivity contribution in [2.24, 2.45) is 23.2 Å². The Balaban J connectivity index is 1.38. The van der Waals surface area contributed by atoms with Gasteiger partial charge in [-0.2, -0.15) is 0 Å². The lowest BCUT2D eigenvalue weighted by atomic mass is 9.60. The molecule has 3 aliphatic rings. The Bertz CT molecular complexity index is 934. The molecule has 5 heteroatoms. The molecule has 0 saturated heterocycles. The van der Waals surface area contributed by atoms with Crippen LogP contribution in [0.5, 0.6) is 0 Å². The smallest absolute Gasteiger partial charge is 0.121 e. The first-order valence-corrected chi connectivity index (χ1v) is 14.1. The van der Waals surface area contributed by atoms with Gasteiger partial charge in [-0.25, -0.2) is 4.98 Å². The molecule has 1 heterocycles. The summed E-state index contributed by atoms with van der Waals surface area (Å²) in [7, 11) is 0. The fourth-order valence-corrected chi connectivity index (χ4v) is 7.98. The summed E-state index contributed by atoms with van der Waals surface area (Å²) in [6.07, 6.45) is 13.1. The molecular formula is C29H43NO3S. The van der Waals surface area contributed by atoms with Crippen LogP contribution in [0.15, 0.2) is 40.8 Å². The largest absolute Gasteiger partial charge is 0.393 e. The van der Waals surface area contributed by atoms with Gasteiger partial charge in [-0.15, -0.1) is 11.3 Å². The second kappa shape index (κ2) is 10.8. The SMILES string of the molecule is C=C1/C(=C\C=C2/CCC[C@]3(C)[C@@H]([C@@H](C)CCC[C@@H](O)c4nc(C)cs4)CC[C@@H]23)C[C@@H](O)C[C@@H]1O. The van der Waals surface area contributed by atoms with Crippen LogP contribution in [0, 0.1) is 30.1 Å². The fourth-order valence-electron chi connectivity index (χ4n) is 7.16. The predicted molar refractivity (Wildman–Crippen MR) is 140 cm³/mol. The lowest BCUT2D eigenvalue weighted by Gasteiger charge is -2.44. The normalized spacial score (nSPS) is 36.1. The highest BCUT2D eigenvalue weighted by Crippen LogP contribution is 2.60. The Morgan fingerprint density at radius 2 is 2.06 bits per heavy atom. The highest BCUT2D eigenvalue weighted by atomic mass is 32.1. The summed E-state index contributed by atoms with van der Waals surface area (Å²) >= 11 is 1.57. The monoisotopic (exact) mass is 485 g/mol. The Kier molecular flexibility index (Phi) is 8.18. The van der Waals surface area contributed by atoms with E-state index in [0.717, 1.165) is 53.4 Å². The molecule has 0 spiro atoms. The molecule has 1 aromatic heterocycles. The molecule has 0 bridgehead atoms. The van der Waals surface area contributed by atoms with Crippen molar-refractivity contribution in [1.82, 2.24) is 4.98 Å². The van der Waals surface area contributed by atoms with Gasteiger partial charge in [0.1, 0.15) is 11.1 Å². The third kappa shape index (κ3) is 5.43. The van der Waals surface area contributed by atoms with Gasteiger partial charge in [0.2, 0.25) is 0 Å². The minimum atomic E-state index is -0.625. The third-order valence-electron chi connectivity index (χ3n) is 9.05. The zero-order chi connectivity index (χ0) is 24.5. The maximum atomic E-state index is 10.5. The van der Waals surface area contributed by atoms with E-state index in [2.05, 4.69) is 37.6 Å². The first-order chi connectivity index (χ1) is 16.2. The Labute approximate surface area is 209 Å². The van der Waals surface area contributed by atoms with E-state index in [1.165, 1.54) is 25.7 Å². The number of aliphatic hydroxyl groups excluding tert-OH is 3. The van der Waals surface area contributed by atoms with Crippen molar-refractivity contribution in [3.63, 3.8) is 0 Å². The number of fused-ring (bicyclic) bond motifs is 1. The van der Waals surface area contributed by atoms with Crippen LogP contribution in [-0.2, 0) is 0 Å². The van der Waals surface area contributed by atoms with Crippen LogP contribution >= 0.6 is 11.3 Å². The van der Waals surface area contributed by atoms with Gasteiger partial charge in [0.05, 0.1) is 12.2 Å². The highest BCUT2D eigenvalue weighted by Gasteiger charge is 2.50. The van der Waals surface area contributed by atoms with Crippen LogP contribution in [0.4, 0.5) is 0 Å². The van der Waals surface area contributed by atoms with Gasteiger partial charge in [-0.3, -0.25) is 0 Å². The topological polar surface area (TPSA) is 73.6 Å². The molecule has 0 aromatic carbocycles. The summed E-state index contributed by atoms with van der Waals surface area (Å²) in [5.41, 5.74) is 4.66. The zero-order valence-corrected chi connectivity index (χ0v) is 22.0.